The predicted octanol–water partition coefficient (Wildman–Crippen LogP) is 1.67. The lowest BCUT2D eigenvalue weighted by Crippen LogP contribution is -2.06. The summed E-state index contributed by atoms with van der Waals surface area (Å²) >= 11 is 0. The monoisotopic (exact) mass is 270 g/mol. The van der Waals surface area contributed by atoms with Crippen molar-refractivity contribution < 1.29 is 9.63 Å². The zero-order valence-electron chi connectivity index (χ0n) is 10.7. The second-order valence-corrected chi connectivity index (χ2v) is 4.43. The molecule has 0 unspecified atom stereocenters. The number of hydrogen-bond donors (Lipinski definition) is 2. The summed E-state index contributed by atoms with van der Waals surface area (Å²) in [5.74, 6) is 0.535. The SMILES string of the molecule is NCC[C@H](O)c1nc(-c2nccc3ccccc23)no1. The molecule has 6 heteroatoms. The number of nitrogens with zero attached hydrogens (tertiary/aromatic N) is 3. The fourth-order valence-corrected chi connectivity index (χ4v) is 2.05. The molecular weight excluding hydrogens is 256 g/mol. The standard InChI is InChI=1S/C14H14N4O2/c15-7-5-11(19)14-17-13(18-20-14)12-10-4-2-1-3-9(10)6-8-16-12/h1-4,6,8,11,19H,5,7,15H2/t11-/m0/s1. The van der Waals surface area contributed by atoms with Crippen LogP contribution in [0.2, 0.25) is 0 Å². The first kappa shape index (κ1) is 12.7. The third kappa shape index (κ3) is 2.26. The highest BCUT2D eigenvalue weighted by molar-refractivity contribution is 5.92. The molecule has 3 N–H and O–H groups in total. The number of nitrogens with two attached hydrogens (primary N) is 1. The molecule has 1 aromatic carbocycles. The minimum atomic E-state index is -0.837. The molecule has 0 amide bonds. The first-order valence-electron chi connectivity index (χ1n) is 6.35. The molecule has 0 aliphatic heterocycles. The molecular formula is C14H14N4O2. The van der Waals surface area contributed by atoms with E-state index in [4.69, 9.17) is 10.3 Å². The van der Waals surface area contributed by atoms with E-state index in [2.05, 4.69) is 15.1 Å². The number of benzene rings is 1. The van der Waals surface area contributed by atoms with E-state index in [0.717, 1.165) is 10.8 Å². The van der Waals surface area contributed by atoms with Crippen LogP contribution < -0.4 is 5.73 Å². The van der Waals surface area contributed by atoms with Crippen molar-refractivity contribution >= 4 is 10.8 Å². The highest BCUT2D eigenvalue weighted by Gasteiger charge is 2.18. The molecule has 0 aliphatic carbocycles. The first-order chi connectivity index (χ1) is 9.79. The molecule has 0 saturated heterocycles. The van der Waals surface area contributed by atoms with E-state index in [0.29, 0.717) is 24.5 Å². The highest BCUT2D eigenvalue weighted by Crippen LogP contribution is 2.25. The summed E-state index contributed by atoms with van der Waals surface area (Å²) in [5, 5.41) is 15.7. The Kier molecular flexibility index (Phi) is 3.41. The Morgan fingerprint density at radius 1 is 1.25 bits per heavy atom. The van der Waals surface area contributed by atoms with Crippen LogP contribution in [0.25, 0.3) is 22.3 Å². The molecule has 0 radical (unpaired) electrons. The van der Waals surface area contributed by atoms with E-state index in [1.807, 2.05) is 30.3 Å². The molecule has 2 heterocycles. The Morgan fingerprint density at radius 2 is 2.10 bits per heavy atom. The number of fused-ring (bicyclic) bond motifs is 1. The Bertz CT molecular complexity index is 721. The van der Waals surface area contributed by atoms with Gasteiger partial charge in [0.25, 0.3) is 5.89 Å². The smallest absolute Gasteiger partial charge is 0.255 e. The number of aromatic nitrogens is 3. The average molecular weight is 270 g/mol. The zero-order valence-corrected chi connectivity index (χ0v) is 10.7. The minimum Gasteiger partial charge on any atom is -0.383 e. The van der Waals surface area contributed by atoms with Crippen molar-refractivity contribution in [3.05, 3.63) is 42.4 Å². The van der Waals surface area contributed by atoms with E-state index in [1.54, 1.807) is 6.20 Å². The van der Waals surface area contributed by atoms with Gasteiger partial charge in [0, 0.05) is 11.6 Å². The van der Waals surface area contributed by atoms with E-state index in [9.17, 15) is 5.11 Å². The van der Waals surface area contributed by atoms with E-state index >= 15 is 0 Å². The fourth-order valence-electron chi connectivity index (χ4n) is 2.05. The molecule has 0 aliphatic rings. The second kappa shape index (κ2) is 5.36. The lowest BCUT2D eigenvalue weighted by atomic mass is 10.1. The average Bonchev–Trinajstić information content (AvgIpc) is 2.97. The summed E-state index contributed by atoms with van der Waals surface area (Å²) in [5.41, 5.74) is 6.03. The van der Waals surface area contributed by atoms with Crippen LogP contribution in [-0.4, -0.2) is 26.8 Å². The van der Waals surface area contributed by atoms with Gasteiger partial charge in [0.15, 0.2) is 0 Å². The predicted molar refractivity (Wildman–Crippen MR) is 73.7 cm³/mol. The van der Waals surface area contributed by atoms with Crippen LogP contribution in [0.4, 0.5) is 0 Å². The molecule has 0 bridgehead atoms. The molecule has 3 rings (SSSR count). The normalized spacial score (nSPS) is 12.7. The van der Waals surface area contributed by atoms with E-state index < -0.39 is 6.10 Å². The van der Waals surface area contributed by atoms with Crippen molar-refractivity contribution in [1.29, 1.82) is 0 Å². The summed E-state index contributed by atoms with van der Waals surface area (Å²) in [6, 6.07) is 9.74. The van der Waals surface area contributed by atoms with Gasteiger partial charge in [-0.05, 0) is 24.4 Å². The van der Waals surface area contributed by atoms with Crippen LogP contribution in [-0.2, 0) is 0 Å². The molecule has 2 aromatic heterocycles. The molecule has 6 nitrogen and oxygen atoms in total. The lowest BCUT2D eigenvalue weighted by Gasteiger charge is -2.02. The van der Waals surface area contributed by atoms with Crippen molar-refractivity contribution in [2.24, 2.45) is 5.73 Å². The Hall–Kier alpha value is -2.31. The van der Waals surface area contributed by atoms with E-state index in [-0.39, 0.29) is 5.89 Å². The van der Waals surface area contributed by atoms with Gasteiger partial charge >= 0.3 is 0 Å². The van der Waals surface area contributed by atoms with Crippen LogP contribution >= 0.6 is 0 Å². The van der Waals surface area contributed by atoms with Crippen molar-refractivity contribution in [1.82, 2.24) is 15.1 Å². The second-order valence-electron chi connectivity index (χ2n) is 4.43. The van der Waals surface area contributed by atoms with Crippen molar-refractivity contribution in [3.63, 3.8) is 0 Å². The van der Waals surface area contributed by atoms with Gasteiger partial charge in [0.2, 0.25) is 5.82 Å². The molecule has 3 aromatic rings. The Balaban J connectivity index is 2.03. The summed E-state index contributed by atoms with van der Waals surface area (Å²) < 4.78 is 5.08. The third-order valence-corrected chi connectivity index (χ3v) is 3.05. The molecule has 0 saturated carbocycles. The Labute approximate surface area is 115 Å². The number of rotatable bonds is 4. The quantitative estimate of drug-likeness (QED) is 0.748. The maximum Gasteiger partial charge on any atom is 0.255 e. The van der Waals surface area contributed by atoms with Gasteiger partial charge in [0.1, 0.15) is 11.8 Å². The van der Waals surface area contributed by atoms with Gasteiger partial charge in [-0.25, -0.2) is 0 Å². The largest absolute Gasteiger partial charge is 0.383 e. The molecule has 0 fully saturated rings. The van der Waals surface area contributed by atoms with Gasteiger partial charge in [-0.15, -0.1) is 0 Å². The lowest BCUT2D eigenvalue weighted by molar-refractivity contribution is 0.127. The fraction of sp³-hybridized carbons (Fsp3) is 0.214. The number of pyridine rings is 1. The van der Waals surface area contributed by atoms with Gasteiger partial charge in [0.05, 0.1) is 0 Å². The molecule has 102 valence electrons. The van der Waals surface area contributed by atoms with Crippen LogP contribution in [0.1, 0.15) is 18.4 Å². The number of hydrogen-bond acceptors (Lipinski definition) is 6. The van der Waals surface area contributed by atoms with Gasteiger partial charge < -0.3 is 15.4 Å². The molecule has 0 spiro atoms. The van der Waals surface area contributed by atoms with Crippen LogP contribution in [0.3, 0.4) is 0 Å². The van der Waals surface area contributed by atoms with Crippen molar-refractivity contribution in [2.45, 2.75) is 12.5 Å². The number of aliphatic hydroxyl groups is 1. The van der Waals surface area contributed by atoms with Gasteiger partial charge in [-0.3, -0.25) is 4.98 Å². The minimum absolute atomic E-state index is 0.167. The maximum atomic E-state index is 9.80. The number of aliphatic hydroxyl groups excluding tert-OH is 1. The highest BCUT2D eigenvalue weighted by atomic mass is 16.5. The molecule has 20 heavy (non-hydrogen) atoms. The summed E-state index contributed by atoms with van der Waals surface area (Å²) in [4.78, 5) is 8.51. The van der Waals surface area contributed by atoms with Gasteiger partial charge in [-0.1, -0.05) is 29.4 Å². The van der Waals surface area contributed by atoms with Crippen LogP contribution in [0, 0.1) is 0 Å². The van der Waals surface area contributed by atoms with E-state index in [1.165, 1.54) is 0 Å². The maximum absolute atomic E-state index is 9.80. The third-order valence-electron chi connectivity index (χ3n) is 3.05. The van der Waals surface area contributed by atoms with Gasteiger partial charge in [-0.2, -0.15) is 4.98 Å². The summed E-state index contributed by atoms with van der Waals surface area (Å²) in [6.07, 6.45) is 1.24. The molecule has 1 atom stereocenters. The van der Waals surface area contributed by atoms with Crippen LogP contribution in [0.5, 0.6) is 0 Å². The summed E-state index contributed by atoms with van der Waals surface area (Å²) in [7, 11) is 0. The zero-order chi connectivity index (χ0) is 13.9. The van der Waals surface area contributed by atoms with Crippen molar-refractivity contribution in [2.75, 3.05) is 6.54 Å². The summed E-state index contributed by atoms with van der Waals surface area (Å²) in [6.45, 7) is 0.353. The van der Waals surface area contributed by atoms with Crippen molar-refractivity contribution in [3.8, 4) is 11.5 Å². The van der Waals surface area contributed by atoms with Crippen LogP contribution in [0.15, 0.2) is 41.1 Å². The first-order valence-corrected chi connectivity index (χ1v) is 6.35. The topological polar surface area (TPSA) is 98.1 Å². The Morgan fingerprint density at radius 3 is 2.95 bits per heavy atom.